The van der Waals surface area contributed by atoms with Gasteiger partial charge in [-0.2, -0.15) is 5.26 Å². The second-order valence-corrected chi connectivity index (χ2v) is 5.99. The van der Waals surface area contributed by atoms with E-state index >= 15 is 0 Å². The quantitative estimate of drug-likeness (QED) is 0.570. The SMILES string of the molecule is CCOc1ccc(/C=C(/C#N)C(=O)NCC(C)(C)CCO)cc1. The Kier molecular flexibility index (Phi) is 7.30. The zero-order chi connectivity index (χ0) is 17.3. The van der Waals surface area contributed by atoms with Gasteiger partial charge in [0.2, 0.25) is 0 Å². The Morgan fingerprint density at radius 2 is 2.04 bits per heavy atom. The van der Waals surface area contributed by atoms with E-state index in [0.29, 0.717) is 19.6 Å². The highest BCUT2D eigenvalue weighted by atomic mass is 16.5. The van der Waals surface area contributed by atoms with Crippen molar-refractivity contribution in [1.29, 1.82) is 5.26 Å². The minimum Gasteiger partial charge on any atom is -0.494 e. The number of nitrogens with zero attached hydrogens (tertiary/aromatic N) is 1. The van der Waals surface area contributed by atoms with Crippen molar-refractivity contribution in [2.45, 2.75) is 27.2 Å². The molecule has 0 unspecified atom stereocenters. The van der Waals surface area contributed by atoms with E-state index in [4.69, 9.17) is 9.84 Å². The molecule has 0 aliphatic heterocycles. The Morgan fingerprint density at radius 3 is 2.57 bits per heavy atom. The normalized spacial score (nSPS) is 11.7. The van der Waals surface area contributed by atoms with Gasteiger partial charge in [0.15, 0.2) is 0 Å². The van der Waals surface area contributed by atoms with Crippen LogP contribution < -0.4 is 10.1 Å². The van der Waals surface area contributed by atoms with Gasteiger partial charge in [-0.05, 0) is 42.5 Å². The van der Waals surface area contributed by atoms with Crippen molar-refractivity contribution in [3.8, 4) is 11.8 Å². The van der Waals surface area contributed by atoms with E-state index in [2.05, 4.69) is 5.32 Å². The highest BCUT2D eigenvalue weighted by molar-refractivity contribution is 6.01. The van der Waals surface area contributed by atoms with Crippen LogP contribution in [-0.4, -0.2) is 30.8 Å². The molecule has 1 aromatic carbocycles. The molecule has 23 heavy (non-hydrogen) atoms. The molecule has 0 bridgehead atoms. The lowest BCUT2D eigenvalue weighted by Gasteiger charge is -2.23. The van der Waals surface area contributed by atoms with E-state index in [9.17, 15) is 10.1 Å². The molecular formula is C18H24N2O3. The summed E-state index contributed by atoms with van der Waals surface area (Å²) in [5, 5.41) is 20.9. The number of benzene rings is 1. The number of rotatable bonds is 8. The van der Waals surface area contributed by atoms with Crippen molar-refractivity contribution >= 4 is 12.0 Å². The van der Waals surface area contributed by atoms with Crippen LogP contribution in [0.15, 0.2) is 29.8 Å². The lowest BCUT2D eigenvalue weighted by molar-refractivity contribution is -0.117. The van der Waals surface area contributed by atoms with Gasteiger partial charge in [0.05, 0.1) is 6.61 Å². The molecule has 1 amide bonds. The maximum atomic E-state index is 12.1. The minimum absolute atomic E-state index is 0.0500. The summed E-state index contributed by atoms with van der Waals surface area (Å²) in [6, 6.07) is 9.12. The van der Waals surface area contributed by atoms with Crippen molar-refractivity contribution in [1.82, 2.24) is 5.32 Å². The fourth-order valence-corrected chi connectivity index (χ4v) is 1.95. The van der Waals surface area contributed by atoms with Crippen LogP contribution in [0.4, 0.5) is 0 Å². The number of carbonyl (C=O) groups excluding carboxylic acids is 1. The van der Waals surface area contributed by atoms with E-state index in [1.54, 1.807) is 30.3 Å². The molecule has 0 radical (unpaired) electrons. The topological polar surface area (TPSA) is 82.3 Å². The average Bonchev–Trinajstić information content (AvgIpc) is 2.52. The zero-order valence-electron chi connectivity index (χ0n) is 13.9. The molecule has 5 heteroatoms. The molecule has 0 aliphatic rings. The van der Waals surface area contributed by atoms with Crippen LogP contribution >= 0.6 is 0 Å². The Morgan fingerprint density at radius 1 is 1.39 bits per heavy atom. The maximum Gasteiger partial charge on any atom is 0.261 e. The van der Waals surface area contributed by atoms with Crippen molar-refractivity contribution in [2.24, 2.45) is 5.41 Å². The fraction of sp³-hybridized carbons (Fsp3) is 0.444. The smallest absolute Gasteiger partial charge is 0.261 e. The predicted molar refractivity (Wildman–Crippen MR) is 89.7 cm³/mol. The molecule has 0 saturated carbocycles. The Bertz CT molecular complexity index is 583. The maximum absolute atomic E-state index is 12.1. The van der Waals surface area contributed by atoms with Crippen molar-refractivity contribution in [2.75, 3.05) is 19.8 Å². The van der Waals surface area contributed by atoms with Gasteiger partial charge < -0.3 is 15.2 Å². The number of amides is 1. The number of nitrogens with one attached hydrogen (secondary N) is 1. The summed E-state index contributed by atoms with van der Waals surface area (Å²) < 4.78 is 5.35. The molecule has 0 fully saturated rings. The van der Waals surface area contributed by atoms with Gasteiger partial charge in [0.25, 0.3) is 5.91 Å². The summed E-state index contributed by atoms with van der Waals surface area (Å²) in [6.45, 7) is 6.86. The third-order valence-corrected chi connectivity index (χ3v) is 3.38. The highest BCUT2D eigenvalue weighted by Gasteiger charge is 2.19. The molecule has 0 spiro atoms. The molecule has 124 valence electrons. The summed E-state index contributed by atoms with van der Waals surface area (Å²) in [5.74, 6) is 0.339. The summed E-state index contributed by atoms with van der Waals surface area (Å²) in [4.78, 5) is 12.1. The molecular weight excluding hydrogens is 292 g/mol. The minimum atomic E-state index is -0.410. The fourth-order valence-electron chi connectivity index (χ4n) is 1.95. The number of ether oxygens (including phenoxy) is 1. The Balaban J connectivity index is 2.74. The van der Waals surface area contributed by atoms with Crippen LogP contribution in [-0.2, 0) is 4.79 Å². The lowest BCUT2D eigenvalue weighted by Crippen LogP contribution is -2.35. The molecule has 5 nitrogen and oxygen atoms in total. The molecule has 0 atom stereocenters. The molecule has 2 N–H and O–H groups in total. The first-order valence-corrected chi connectivity index (χ1v) is 7.65. The number of aliphatic hydroxyl groups excluding tert-OH is 1. The van der Waals surface area contributed by atoms with E-state index in [0.717, 1.165) is 11.3 Å². The number of nitriles is 1. The number of carbonyl (C=O) groups is 1. The average molecular weight is 316 g/mol. The van der Waals surface area contributed by atoms with Crippen molar-refractivity contribution in [3.63, 3.8) is 0 Å². The van der Waals surface area contributed by atoms with Gasteiger partial charge >= 0.3 is 0 Å². The monoisotopic (exact) mass is 316 g/mol. The largest absolute Gasteiger partial charge is 0.494 e. The first-order chi connectivity index (χ1) is 10.9. The van der Waals surface area contributed by atoms with Gasteiger partial charge in [0, 0.05) is 13.2 Å². The first kappa shape index (κ1) is 18.7. The van der Waals surface area contributed by atoms with E-state index < -0.39 is 5.91 Å². The van der Waals surface area contributed by atoms with Crippen LogP contribution in [0.3, 0.4) is 0 Å². The molecule has 0 aromatic heterocycles. The van der Waals surface area contributed by atoms with Gasteiger partial charge in [0.1, 0.15) is 17.4 Å². The van der Waals surface area contributed by atoms with E-state index in [-0.39, 0.29) is 17.6 Å². The summed E-state index contributed by atoms with van der Waals surface area (Å²) >= 11 is 0. The van der Waals surface area contributed by atoms with Gasteiger partial charge in [-0.1, -0.05) is 26.0 Å². The zero-order valence-corrected chi connectivity index (χ0v) is 13.9. The second kappa shape index (κ2) is 8.96. The Labute approximate surface area is 137 Å². The predicted octanol–water partition coefficient (Wildman–Crippen LogP) is 2.52. The molecule has 1 rings (SSSR count). The third-order valence-electron chi connectivity index (χ3n) is 3.38. The number of aliphatic hydroxyl groups is 1. The molecule has 1 aromatic rings. The van der Waals surface area contributed by atoms with Crippen LogP contribution in [0, 0.1) is 16.7 Å². The first-order valence-electron chi connectivity index (χ1n) is 7.65. The second-order valence-electron chi connectivity index (χ2n) is 5.99. The third kappa shape index (κ3) is 6.54. The van der Waals surface area contributed by atoms with Crippen molar-refractivity contribution in [3.05, 3.63) is 35.4 Å². The van der Waals surface area contributed by atoms with Crippen LogP contribution in [0.1, 0.15) is 32.8 Å². The summed E-state index contributed by atoms with van der Waals surface area (Å²) in [7, 11) is 0. The van der Waals surface area contributed by atoms with Crippen LogP contribution in [0.2, 0.25) is 0 Å². The highest BCUT2D eigenvalue weighted by Crippen LogP contribution is 2.18. The number of hydrogen-bond donors (Lipinski definition) is 2. The summed E-state index contributed by atoms with van der Waals surface area (Å²) in [5.41, 5.74) is 0.591. The van der Waals surface area contributed by atoms with Gasteiger partial charge in [-0.25, -0.2) is 0 Å². The van der Waals surface area contributed by atoms with Crippen LogP contribution in [0.25, 0.3) is 6.08 Å². The van der Waals surface area contributed by atoms with Gasteiger partial charge in [-0.3, -0.25) is 4.79 Å². The van der Waals surface area contributed by atoms with E-state index in [1.807, 2.05) is 26.8 Å². The van der Waals surface area contributed by atoms with E-state index in [1.165, 1.54) is 0 Å². The molecule has 0 heterocycles. The molecule has 0 saturated heterocycles. The van der Waals surface area contributed by atoms with Crippen LogP contribution in [0.5, 0.6) is 5.75 Å². The molecule has 0 aliphatic carbocycles. The number of hydrogen-bond acceptors (Lipinski definition) is 4. The van der Waals surface area contributed by atoms with Crippen molar-refractivity contribution < 1.29 is 14.6 Å². The summed E-state index contributed by atoms with van der Waals surface area (Å²) in [6.07, 6.45) is 2.13. The standard InChI is InChI=1S/C18H24N2O3/c1-4-23-16-7-5-14(6-8-16)11-15(12-19)17(22)20-13-18(2,3)9-10-21/h5-8,11,21H,4,9-10,13H2,1-3H3,(H,20,22)/b15-11-. The lowest BCUT2D eigenvalue weighted by atomic mass is 9.89. The van der Waals surface area contributed by atoms with Gasteiger partial charge in [-0.15, -0.1) is 0 Å². The Hall–Kier alpha value is -2.32.